The molecule has 3 aliphatic rings. The highest BCUT2D eigenvalue weighted by Gasteiger charge is 2.72. The number of aliphatic hydroxyl groups is 1. The van der Waals surface area contributed by atoms with Crippen LogP contribution in [0.2, 0.25) is 0 Å². The number of ether oxygens (including phenoxy) is 1. The van der Waals surface area contributed by atoms with Crippen molar-refractivity contribution in [3.63, 3.8) is 0 Å². The Bertz CT molecular complexity index is 647. The fourth-order valence-electron chi connectivity index (χ4n) is 5.75. The van der Waals surface area contributed by atoms with Gasteiger partial charge in [-0.1, -0.05) is 43.2 Å². The number of hydrogen-bond donors (Lipinski definition) is 1. The lowest BCUT2D eigenvalue weighted by atomic mass is 9.79. The first kappa shape index (κ1) is 18.0. The van der Waals surface area contributed by atoms with Gasteiger partial charge >= 0.3 is 0 Å². The van der Waals surface area contributed by atoms with Crippen LogP contribution in [0.5, 0.6) is 0 Å². The molecule has 142 valence electrons. The molecule has 0 bridgehead atoms. The second-order valence-corrected chi connectivity index (χ2v) is 8.87. The number of hydrogen-bond acceptors (Lipinski definition) is 3. The third-order valence-electron chi connectivity index (χ3n) is 7.38. The SMILES string of the molecule is CN(CC1(CO)CCOCC1)C(=O)[C@@]1(c2ccccc2)CC12CCCC2. The summed E-state index contributed by atoms with van der Waals surface area (Å²) in [6.07, 6.45) is 7.45. The second kappa shape index (κ2) is 6.65. The normalized spacial score (nSPS) is 28.8. The van der Waals surface area contributed by atoms with Crippen LogP contribution in [0.15, 0.2) is 30.3 Å². The number of benzene rings is 1. The van der Waals surface area contributed by atoms with Gasteiger partial charge in [-0.05, 0) is 43.1 Å². The zero-order chi connectivity index (χ0) is 18.3. The Morgan fingerprint density at radius 3 is 2.38 bits per heavy atom. The Morgan fingerprint density at radius 2 is 1.77 bits per heavy atom. The molecule has 4 rings (SSSR count). The lowest BCUT2D eigenvalue weighted by Gasteiger charge is -2.40. The number of aliphatic hydroxyl groups excluding tert-OH is 1. The molecular formula is C22H31NO3. The topological polar surface area (TPSA) is 49.8 Å². The molecule has 0 radical (unpaired) electrons. The molecule has 0 aromatic heterocycles. The van der Waals surface area contributed by atoms with Gasteiger partial charge < -0.3 is 14.7 Å². The average molecular weight is 357 g/mol. The Balaban J connectivity index is 1.60. The average Bonchev–Trinajstić information content (AvgIpc) is 3.09. The summed E-state index contributed by atoms with van der Waals surface area (Å²) in [5.41, 5.74) is 0.796. The maximum Gasteiger partial charge on any atom is 0.233 e. The van der Waals surface area contributed by atoms with Crippen molar-refractivity contribution in [3.8, 4) is 0 Å². The van der Waals surface area contributed by atoms with E-state index in [1.54, 1.807) is 0 Å². The first-order valence-electron chi connectivity index (χ1n) is 10.1. The zero-order valence-corrected chi connectivity index (χ0v) is 15.9. The Kier molecular flexibility index (Phi) is 4.60. The molecule has 0 unspecified atom stereocenters. The summed E-state index contributed by atoms with van der Waals surface area (Å²) < 4.78 is 5.48. The van der Waals surface area contributed by atoms with Crippen molar-refractivity contribution in [3.05, 3.63) is 35.9 Å². The number of nitrogens with zero attached hydrogens (tertiary/aromatic N) is 1. The summed E-state index contributed by atoms with van der Waals surface area (Å²) in [5.74, 6) is 0.255. The Hall–Kier alpha value is -1.39. The number of rotatable bonds is 5. The molecule has 1 N–H and O–H groups in total. The van der Waals surface area contributed by atoms with Crippen molar-refractivity contribution in [1.29, 1.82) is 0 Å². The van der Waals surface area contributed by atoms with Gasteiger partial charge in [0.15, 0.2) is 0 Å². The van der Waals surface area contributed by atoms with Crippen LogP contribution >= 0.6 is 0 Å². The molecule has 1 aliphatic heterocycles. The molecule has 1 heterocycles. The summed E-state index contributed by atoms with van der Waals surface area (Å²) >= 11 is 0. The molecule has 1 atom stereocenters. The molecule has 3 fully saturated rings. The largest absolute Gasteiger partial charge is 0.396 e. The van der Waals surface area contributed by atoms with Crippen LogP contribution in [0.3, 0.4) is 0 Å². The van der Waals surface area contributed by atoms with Crippen LogP contribution < -0.4 is 0 Å². The second-order valence-electron chi connectivity index (χ2n) is 8.87. The van der Waals surface area contributed by atoms with E-state index in [2.05, 4.69) is 24.3 Å². The van der Waals surface area contributed by atoms with Gasteiger partial charge in [0.1, 0.15) is 0 Å². The fourth-order valence-corrected chi connectivity index (χ4v) is 5.75. The number of likely N-dealkylation sites (N-methyl/N-ethyl adjacent to an activating group) is 1. The molecule has 26 heavy (non-hydrogen) atoms. The molecule has 1 aromatic rings. The van der Waals surface area contributed by atoms with Gasteiger partial charge in [-0.25, -0.2) is 0 Å². The van der Waals surface area contributed by atoms with Crippen LogP contribution in [-0.2, 0) is 14.9 Å². The molecular weight excluding hydrogens is 326 g/mol. The third kappa shape index (κ3) is 2.69. The van der Waals surface area contributed by atoms with Gasteiger partial charge in [0.05, 0.1) is 12.0 Å². The number of carbonyl (C=O) groups is 1. The zero-order valence-electron chi connectivity index (χ0n) is 15.9. The minimum absolute atomic E-state index is 0.122. The summed E-state index contributed by atoms with van der Waals surface area (Å²) in [7, 11) is 1.93. The highest BCUT2D eigenvalue weighted by molar-refractivity contribution is 5.93. The predicted octanol–water partition coefficient (Wildman–Crippen LogP) is 3.14. The van der Waals surface area contributed by atoms with Crippen molar-refractivity contribution in [2.45, 2.75) is 50.4 Å². The summed E-state index contributed by atoms with van der Waals surface area (Å²) in [5, 5.41) is 10.0. The number of carbonyl (C=O) groups excluding carboxylic acids is 1. The van der Waals surface area contributed by atoms with Gasteiger partial charge in [0, 0.05) is 32.2 Å². The molecule has 2 aliphatic carbocycles. The van der Waals surface area contributed by atoms with Gasteiger partial charge in [-0.15, -0.1) is 0 Å². The highest BCUT2D eigenvalue weighted by Crippen LogP contribution is 2.72. The lowest BCUT2D eigenvalue weighted by Crippen LogP contribution is -2.48. The Morgan fingerprint density at radius 1 is 1.12 bits per heavy atom. The van der Waals surface area contributed by atoms with E-state index in [1.807, 2.05) is 18.0 Å². The minimum atomic E-state index is -0.346. The fraction of sp³-hybridized carbons (Fsp3) is 0.682. The standard InChI is InChI=1S/C22H31NO3/c1-23(16-20(17-24)11-13-26-14-12-20)19(25)22(18-7-3-2-4-8-18)15-21(22)9-5-6-10-21/h2-4,7-8,24H,5-6,9-17H2,1H3/t22-/m0/s1. The summed E-state index contributed by atoms with van der Waals surface area (Å²) in [6, 6.07) is 10.4. The highest BCUT2D eigenvalue weighted by atomic mass is 16.5. The van der Waals surface area contributed by atoms with E-state index in [0.29, 0.717) is 19.8 Å². The smallest absolute Gasteiger partial charge is 0.233 e. The Labute approximate surface area is 156 Å². The van der Waals surface area contributed by atoms with Gasteiger partial charge in [0.2, 0.25) is 5.91 Å². The number of amides is 1. The molecule has 1 saturated heterocycles. The van der Waals surface area contributed by atoms with Gasteiger partial charge in [0.25, 0.3) is 0 Å². The lowest BCUT2D eigenvalue weighted by molar-refractivity contribution is -0.137. The van der Waals surface area contributed by atoms with Gasteiger partial charge in [-0.3, -0.25) is 4.79 Å². The van der Waals surface area contributed by atoms with Crippen molar-refractivity contribution >= 4 is 5.91 Å². The summed E-state index contributed by atoms with van der Waals surface area (Å²) in [6.45, 7) is 2.10. The van der Waals surface area contributed by atoms with E-state index < -0.39 is 0 Å². The molecule has 4 heteroatoms. The summed E-state index contributed by atoms with van der Waals surface area (Å²) in [4.78, 5) is 15.7. The van der Waals surface area contributed by atoms with Crippen molar-refractivity contribution in [1.82, 2.24) is 4.90 Å². The van der Waals surface area contributed by atoms with E-state index >= 15 is 0 Å². The molecule has 2 saturated carbocycles. The van der Waals surface area contributed by atoms with E-state index in [0.717, 1.165) is 19.3 Å². The van der Waals surface area contributed by atoms with Gasteiger partial charge in [-0.2, -0.15) is 0 Å². The van der Waals surface area contributed by atoms with Crippen LogP contribution in [-0.4, -0.2) is 49.3 Å². The maximum atomic E-state index is 13.7. The van der Waals surface area contributed by atoms with Crippen LogP contribution in [0, 0.1) is 10.8 Å². The maximum absolute atomic E-state index is 13.7. The van der Waals surface area contributed by atoms with E-state index in [1.165, 1.54) is 31.2 Å². The predicted molar refractivity (Wildman–Crippen MR) is 101 cm³/mol. The third-order valence-corrected chi connectivity index (χ3v) is 7.38. The van der Waals surface area contributed by atoms with E-state index in [4.69, 9.17) is 4.74 Å². The molecule has 1 aromatic carbocycles. The first-order chi connectivity index (χ1) is 12.6. The quantitative estimate of drug-likeness (QED) is 0.881. The first-order valence-corrected chi connectivity index (χ1v) is 10.1. The molecule has 1 amide bonds. The molecule has 4 nitrogen and oxygen atoms in total. The van der Waals surface area contributed by atoms with Crippen molar-refractivity contribution in [2.75, 3.05) is 33.4 Å². The van der Waals surface area contributed by atoms with Crippen LogP contribution in [0.25, 0.3) is 0 Å². The van der Waals surface area contributed by atoms with E-state index in [-0.39, 0.29) is 28.8 Å². The van der Waals surface area contributed by atoms with Crippen LogP contribution in [0.4, 0.5) is 0 Å². The van der Waals surface area contributed by atoms with Crippen molar-refractivity contribution in [2.24, 2.45) is 10.8 Å². The monoisotopic (exact) mass is 357 g/mol. The molecule has 1 spiro atoms. The van der Waals surface area contributed by atoms with E-state index in [9.17, 15) is 9.90 Å². The minimum Gasteiger partial charge on any atom is -0.396 e. The van der Waals surface area contributed by atoms with Crippen LogP contribution in [0.1, 0.15) is 50.5 Å². The van der Waals surface area contributed by atoms with Crippen molar-refractivity contribution < 1.29 is 14.6 Å².